The first-order valence-corrected chi connectivity index (χ1v) is 8.74. The standard InChI is InChI=1S/C17H22N4OS/c1-13-4-3-5-15(10-13)19-17(22)21-8-6-20(7-9-21)11-16-12-23-14(2)18-16/h3-5,10,12H,6-9,11H2,1-2H3,(H,19,22). The zero-order valence-corrected chi connectivity index (χ0v) is 14.4. The number of amides is 2. The van der Waals surface area contributed by atoms with Gasteiger partial charge in [-0.2, -0.15) is 0 Å². The molecule has 1 aromatic heterocycles. The van der Waals surface area contributed by atoms with E-state index in [0.717, 1.165) is 54.7 Å². The molecule has 0 spiro atoms. The maximum absolute atomic E-state index is 12.3. The normalized spacial score (nSPS) is 15.7. The van der Waals surface area contributed by atoms with Crippen LogP contribution in [-0.2, 0) is 6.54 Å². The molecule has 1 aromatic carbocycles. The first kappa shape index (κ1) is 16.0. The molecule has 1 N–H and O–H groups in total. The molecule has 0 aliphatic carbocycles. The zero-order valence-electron chi connectivity index (χ0n) is 13.6. The number of thiazole rings is 1. The molecular formula is C17H22N4OS. The van der Waals surface area contributed by atoms with E-state index in [0.29, 0.717) is 0 Å². The molecule has 6 heteroatoms. The molecule has 2 aromatic rings. The average molecular weight is 330 g/mol. The molecule has 0 saturated carbocycles. The van der Waals surface area contributed by atoms with Crippen LogP contribution in [0.1, 0.15) is 16.3 Å². The number of piperazine rings is 1. The Morgan fingerprint density at radius 1 is 1.26 bits per heavy atom. The molecule has 1 saturated heterocycles. The minimum atomic E-state index is -0.0141. The molecule has 2 amide bonds. The summed E-state index contributed by atoms with van der Waals surface area (Å²) >= 11 is 1.69. The highest BCUT2D eigenvalue weighted by atomic mass is 32.1. The molecule has 0 bridgehead atoms. The zero-order chi connectivity index (χ0) is 16.2. The van der Waals surface area contributed by atoms with E-state index in [9.17, 15) is 4.79 Å². The van der Waals surface area contributed by atoms with E-state index in [1.165, 1.54) is 0 Å². The molecule has 2 heterocycles. The van der Waals surface area contributed by atoms with Crippen molar-refractivity contribution < 1.29 is 4.79 Å². The summed E-state index contributed by atoms with van der Waals surface area (Å²) in [6.45, 7) is 8.20. The predicted molar refractivity (Wildman–Crippen MR) is 93.9 cm³/mol. The molecule has 3 rings (SSSR count). The van der Waals surface area contributed by atoms with Gasteiger partial charge in [-0.1, -0.05) is 12.1 Å². The fourth-order valence-corrected chi connectivity index (χ4v) is 3.35. The summed E-state index contributed by atoms with van der Waals surface area (Å²) in [7, 11) is 0. The van der Waals surface area contributed by atoms with Gasteiger partial charge in [0.2, 0.25) is 0 Å². The van der Waals surface area contributed by atoms with Crippen molar-refractivity contribution >= 4 is 23.1 Å². The number of carbonyl (C=O) groups is 1. The Morgan fingerprint density at radius 3 is 2.70 bits per heavy atom. The summed E-state index contributed by atoms with van der Waals surface area (Å²) in [4.78, 5) is 21.1. The van der Waals surface area contributed by atoms with E-state index < -0.39 is 0 Å². The monoisotopic (exact) mass is 330 g/mol. The number of carbonyl (C=O) groups excluding carboxylic acids is 1. The average Bonchev–Trinajstić information content (AvgIpc) is 2.93. The number of hydrogen-bond donors (Lipinski definition) is 1. The van der Waals surface area contributed by atoms with Gasteiger partial charge in [0.15, 0.2) is 0 Å². The Morgan fingerprint density at radius 2 is 2.04 bits per heavy atom. The van der Waals surface area contributed by atoms with Gasteiger partial charge in [0.1, 0.15) is 0 Å². The second kappa shape index (κ2) is 7.10. The van der Waals surface area contributed by atoms with Crippen LogP contribution in [0.5, 0.6) is 0 Å². The summed E-state index contributed by atoms with van der Waals surface area (Å²) in [5.41, 5.74) is 3.13. The third-order valence-electron chi connectivity index (χ3n) is 3.98. The molecule has 0 unspecified atom stereocenters. The van der Waals surface area contributed by atoms with Crippen LogP contribution in [-0.4, -0.2) is 47.0 Å². The van der Waals surface area contributed by atoms with Crippen LogP contribution in [0.25, 0.3) is 0 Å². The molecule has 0 atom stereocenters. The smallest absolute Gasteiger partial charge is 0.321 e. The number of aromatic nitrogens is 1. The topological polar surface area (TPSA) is 48.5 Å². The molecular weight excluding hydrogens is 308 g/mol. The quantitative estimate of drug-likeness (QED) is 0.941. The Balaban J connectivity index is 1.49. The van der Waals surface area contributed by atoms with Gasteiger partial charge in [-0.05, 0) is 31.5 Å². The minimum absolute atomic E-state index is 0.0141. The molecule has 1 fully saturated rings. The summed E-state index contributed by atoms with van der Waals surface area (Å²) in [5, 5.41) is 6.20. The fourth-order valence-electron chi connectivity index (χ4n) is 2.74. The van der Waals surface area contributed by atoms with Crippen LogP contribution >= 0.6 is 11.3 Å². The van der Waals surface area contributed by atoms with Crippen molar-refractivity contribution in [3.05, 3.63) is 45.9 Å². The highest BCUT2D eigenvalue weighted by Crippen LogP contribution is 2.14. The predicted octanol–water partition coefficient (Wildman–Crippen LogP) is 3.11. The third kappa shape index (κ3) is 4.30. The van der Waals surface area contributed by atoms with Gasteiger partial charge in [0, 0.05) is 43.8 Å². The second-order valence-electron chi connectivity index (χ2n) is 5.92. The maximum atomic E-state index is 12.3. The highest BCUT2D eigenvalue weighted by molar-refractivity contribution is 7.09. The first-order chi connectivity index (χ1) is 11.1. The molecule has 23 heavy (non-hydrogen) atoms. The van der Waals surface area contributed by atoms with Gasteiger partial charge in [-0.25, -0.2) is 9.78 Å². The van der Waals surface area contributed by atoms with Gasteiger partial charge in [0.05, 0.1) is 10.7 Å². The number of rotatable bonds is 3. The number of urea groups is 1. The molecule has 5 nitrogen and oxygen atoms in total. The Bertz CT molecular complexity index is 677. The first-order valence-electron chi connectivity index (χ1n) is 7.86. The van der Waals surface area contributed by atoms with Crippen LogP contribution in [0, 0.1) is 13.8 Å². The molecule has 1 aliphatic heterocycles. The van der Waals surface area contributed by atoms with Crippen molar-refractivity contribution in [3.63, 3.8) is 0 Å². The second-order valence-corrected chi connectivity index (χ2v) is 6.98. The number of nitrogens with one attached hydrogen (secondary N) is 1. The van der Waals surface area contributed by atoms with E-state index >= 15 is 0 Å². The largest absolute Gasteiger partial charge is 0.322 e. The summed E-state index contributed by atoms with van der Waals surface area (Å²) in [6.07, 6.45) is 0. The van der Waals surface area contributed by atoms with E-state index in [1.807, 2.05) is 43.0 Å². The third-order valence-corrected chi connectivity index (χ3v) is 4.80. The summed E-state index contributed by atoms with van der Waals surface area (Å²) in [5.74, 6) is 0. The number of anilines is 1. The van der Waals surface area contributed by atoms with E-state index in [-0.39, 0.29) is 6.03 Å². The Kier molecular flexibility index (Phi) is 4.93. The fraction of sp³-hybridized carbons (Fsp3) is 0.412. The van der Waals surface area contributed by atoms with Crippen LogP contribution in [0.2, 0.25) is 0 Å². The van der Waals surface area contributed by atoms with Crippen molar-refractivity contribution in [1.29, 1.82) is 0 Å². The minimum Gasteiger partial charge on any atom is -0.322 e. The lowest BCUT2D eigenvalue weighted by Crippen LogP contribution is -2.49. The molecule has 0 radical (unpaired) electrons. The lowest BCUT2D eigenvalue weighted by molar-refractivity contribution is 0.142. The van der Waals surface area contributed by atoms with Crippen molar-refractivity contribution in [2.75, 3.05) is 31.5 Å². The Labute approximate surface area is 140 Å². The van der Waals surface area contributed by atoms with E-state index in [4.69, 9.17) is 0 Å². The Hall–Kier alpha value is -1.92. The van der Waals surface area contributed by atoms with Crippen LogP contribution in [0.15, 0.2) is 29.6 Å². The van der Waals surface area contributed by atoms with Crippen LogP contribution < -0.4 is 5.32 Å². The van der Waals surface area contributed by atoms with Gasteiger partial charge in [-0.3, -0.25) is 4.90 Å². The van der Waals surface area contributed by atoms with Crippen molar-refractivity contribution in [2.24, 2.45) is 0 Å². The summed E-state index contributed by atoms with van der Waals surface area (Å²) in [6, 6.07) is 7.87. The van der Waals surface area contributed by atoms with Crippen LogP contribution in [0.3, 0.4) is 0 Å². The maximum Gasteiger partial charge on any atom is 0.321 e. The number of hydrogen-bond acceptors (Lipinski definition) is 4. The molecule has 1 aliphatic rings. The lowest BCUT2D eigenvalue weighted by atomic mass is 10.2. The van der Waals surface area contributed by atoms with Crippen molar-refractivity contribution in [1.82, 2.24) is 14.8 Å². The molecule has 122 valence electrons. The van der Waals surface area contributed by atoms with Gasteiger partial charge < -0.3 is 10.2 Å². The van der Waals surface area contributed by atoms with Crippen molar-refractivity contribution in [3.8, 4) is 0 Å². The van der Waals surface area contributed by atoms with Crippen LogP contribution in [0.4, 0.5) is 10.5 Å². The number of benzene rings is 1. The number of aryl methyl sites for hydroxylation is 2. The van der Waals surface area contributed by atoms with Gasteiger partial charge in [-0.15, -0.1) is 11.3 Å². The van der Waals surface area contributed by atoms with Gasteiger partial charge in [0.25, 0.3) is 0 Å². The highest BCUT2D eigenvalue weighted by Gasteiger charge is 2.21. The van der Waals surface area contributed by atoms with E-state index in [2.05, 4.69) is 20.6 Å². The van der Waals surface area contributed by atoms with E-state index in [1.54, 1.807) is 11.3 Å². The number of nitrogens with zero attached hydrogens (tertiary/aromatic N) is 3. The van der Waals surface area contributed by atoms with Gasteiger partial charge >= 0.3 is 6.03 Å². The summed E-state index contributed by atoms with van der Waals surface area (Å²) < 4.78 is 0. The SMILES string of the molecule is Cc1cccc(NC(=O)N2CCN(Cc3csc(C)n3)CC2)c1. The lowest BCUT2D eigenvalue weighted by Gasteiger charge is -2.34. The van der Waals surface area contributed by atoms with Crippen molar-refractivity contribution in [2.45, 2.75) is 20.4 Å².